The second kappa shape index (κ2) is 11.9. The highest BCUT2D eigenvalue weighted by Crippen LogP contribution is 2.41. The molecule has 42 heavy (non-hydrogen) atoms. The first-order valence-electron chi connectivity index (χ1n) is 12.8. The first kappa shape index (κ1) is 29.2. The van der Waals surface area contributed by atoms with Crippen LogP contribution in [-0.4, -0.2) is 87.4 Å². The Kier molecular flexibility index (Phi) is 8.27. The zero-order valence-corrected chi connectivity index (χ0v) is 24.4. The molecule has 16 heteroatoms. The number of nitrogens with zero attached hydrogens (tertiary/aromatic N) is 5. The molecule has 0 spiro atoms. The number of benzene rings is 1. The average molecular weight is 613 g/mol. The molecule has 2 aliphatic heterocycles. The second-order valence-electron chi connectivity index (χ2n) is 10.3. The summed E-state index contributed by atoms with van der Waals surface area (Å²) in [6.07, 6.45) is 2.52. The molecule has 2 aromatic heterocycles. The summed E-state index contributed by atoms with van der Waals surface area (Å²) in [6, 6.07) is 8.20. The van der Waals surface area contributed by atoms with Gasteiger partial charge in [-0.3, -0.25) is 14.5 Å². The fourth-order valence-corrected chi connectivity index (χ4v) is 6.63. The summed E-state index contributed by atoms with van der Waals surface area (Å²) in [6.45, 7) is 5.11. The quantitative estimate of drug-likeness (QED) is 0.205. The molecule has 0 saturated carbocycles. The number of ether oxygens (including phenoxy) is 1. The summed E-state index contributed by atoms with van der Waals surface area (Å²) in [7, 11) is 0. The number of carboxylic acids is 1. The standard InChI is InChI=1S/C26H28N8O6S2/c1-26(2,3)40-25(39)29-16(14-8-5-4-6-9-14)19(35)28-17-20(36)34-18(22(37)38)15(12-41-21(17)34)13-42-24-30-23(31-32-24)33-11-7-10-27-33/h4-11,16-17,21H,12-13H2,1-3H3,(H,28,35)(H,29,39)(H,37,38)(H,30,31,32)/t16?,17?,21-/m0/s1. The Morgan fingerprint density at radius 3 is 2.67 bits per heavy atom. The Labute approximate surface area is 248 Å². The van der Waals surface area contributed by atoms with Crippen molar-refractivity contribution in [3.05, 3.63) is 65.6 Å². The Morgan fingerprint density at radius 2 is 2.00 bits per heavy atom. The lowest BCUT2D eigenvalue weighted by atomic mass is 10.0. The van der Waals surface area contributed by atoms with E-state index in [0.29, 0.717) is 28.0 Å². The van der Waals surface area contributed by atoms with E-state index >= 15 is 0 Å². The second-order valence-corrected chi connectivity index (χ2v) is 12.4. The third-order valence-corrected chi connectivity index (χ3v) is 8.43. The molecule has 4 N–H and O–H groups in total. The molecular formula is C26H28N8O6S2. The van der Waals surface area contributed by atoms with E-state index in [0.717, 1.165) is 0 Å². The van der Waals surface area contributed by atoms with Crippen molar-refractivity contribution in [3.8, 4) is 5.95 Å². The van der Waals surface area contributed by atoms with Crippen molar-refractivity contribution in [1.82, 2.24) is 40.5 Å². The highest BCUT2D eigenvalue weighted by molar-refractivity contribution is 8.01. The molecule has 0 radical (unpaired) electrons. The van der Waals surface area contributed by atoms with Crippen molar-refractivity contribution >= 4 is 47.4 Å². The predicted octanol–water partition coefficient (Wildman–Crippen LogP) is 2.09. The smallest absolute Gasteiger partial charge is 0.408 e. The zero-order valence-electron chi connectivity index (χ0n) is 22.8. The molecule has 0 aliphatic carbocycles. The Morgan fingerprint density at radius 1 is 1.24 bits per heavy atom. The van der Waals surface area contributed by atoms with E-state index in [4.69, 9.17) is 4.74 Å². The number of H-pyrrole nitrogens is 1. The van der Waals surface area contributed by atoms with Gasteiger partial charge in [0.15, 0.2) is 0 Å². The third kappa shape index (κ3) is 6.28. The maximum absolute atomic E-state index is 13.4. The normalized spacial score (nSPS) is 19.0. The van der Waals surface area contributed by atoms with Crippen LogP contribution >= 0.6 is 23.5 Å². The summed E-state index contributed by atoms with van der Waals surface area (Å²) < 4.78 is 6.83. The first-order valence-corrected chi connectivity index (χ1v) is 14.9. The van der Waals surface area contributed by atoms with Gasteiger partial charge in [-0.05, 0) is 38.0 Å². The number of hydrogen-bond acceptors (Lipinski definition) is 10. The third-order valence-electron chi connectivity index (χ3n) is 6.15. The molecule has 14 nitrogen and oxygen atoms in total. The summed E-state index contributed by atoms with van der Waals surface area (Å²) in [5.74, 6) is -1.43. The van der Waals surface area contributed by atoms with Crippen molar-refractivity contribution in [2.45, 2.75) is 49.0 Å². The van der Waals surface area contributed by atoms with Gasteiger partial charge in [0.25, 0.3) is 5.91 Å². The van der Waals surface area contributed by atoms with Crippen molar-refractivity contribution in [2.24, 2.45) is 0 Å². The average Bonchev–Trinajstić information content (AvgIpc) is 3.65. The number of thioether (sulfide) groups is 2. The lowest BCUT2D eigenvalue weighted by molar-refractivity contribution is -0.151. The highest BCUT2D eigenvalue weighted by atomic mass is 32.2. The van der Waals surface area contributed by atoms with Gasteiger partial charge in [-0.25, -0.2) is 19.4 Å². The van der Waals surface area contributed by atoms with Gasteiger partial charge in [-0.2, -0.15) is 10.1 Å². The molecule has 3 atom stereocenters. The van der Waals surface area contributed by atoms with E-state index in [9.17, 15) is 24.3 Å². The molecule has 1 saturated heterocycles. The molecule has 1 aromatic carbocycles. The van der Waals surface area contributed by atoms with Crippen LogP contribution in [0.3, 0.4) is 0 Å². The number of aromatic amines is 1. The fourth-order valence-electron chi connectivity index (χ4n) is 4.35. The molecule has 0 bridgehead atoms. The van der Waals surface area contributed by atoms with Gasteiger partial charge >= 0.3 is 12.1 Å². The molecule has 2 unspecified atom stereocenters. The minimum atomic E-state index is -1.24. The molecule has 5 rings (SSSR count). The Hall–Kier alpha value is -4.31. The van der Waals surface area contributed by atoms with Gasteiger partial charge < -0.3 is 20.5 Å². The van der Waals surface area contributed by atoms with Crippen LogP contribution < -0.4 is 10.6 Å². The number of carbonyl (C=O) groups is 4. The summed E-state index contributed by atoms with van der Waals surface area (Å²) in [5, 5.41) is 26.1. The van der Waals surface area contributed by atoms with Crippen LogP contribution in [0.2, 0.25) is 0 Å². The van der Waals surface area contributed by atoms with E-state index in [1.807, 2.05) is 0 Å². The summed E-state index contributed by atoms with van der Waals surface area (Å²) in [4.78, 5) is 56.9. The number of aromatic nitrogens is 5. The molecule has 4 heterocycles. The van der Waals surface area contributed by atoms with Crippen LogP contribution in [-0.2, 0) is 19.1 Å². The molecular weight excluding hydrogens is 584 g/mol. The number of aliphatic carboxylic acids is 1. The minimum Gasteiger partial charge on any atom is -0.477 e. The SMILES string of the molecule is CC(C)(C)OC(=O)NC(C(=O)NC1C(=O)N2C(C(=O)O)=C(CSc3n[nH]c(-n4cccn4)n3)CS[C@@H]12)c1ccccc1. The molecule has 1 fully saturated rings. The van der Waals surface area contributed by atoms with E-state index in [1.54, 1.807) is 69.6 Å². The number of amides is 3. The Balaban J connectivity index is 1.27. The van der Waals surface area contributed by atoms with E-state index < -0.39 is 46.9 Å². The fraction of sp³-hybridized carbons (Fsp3) is 0.346. The van der Waals surface area contributed by atoms with Crippen LogP contribution in [0.15, 0.2) is 65.2 Å². The van der Waals surface area contributed by atoms with Crippen molar-refractivity contribution in [2.75, 3.05) is 11.5 Å². The van der Waals surface area contributed by atoms with Crippen LogP contribution in [0.25, 0.3) is 5.95 Å². The van der Waals surface area contributed by atoms with Crippen molar-refractivity contribution in [3.63, 3.8) is 0 Å². The van der Waals surface area contributed by atoms with E-state index in [2.05, 4.69) is 30.9 Å². The molecule has 2 aliphatic rings. The maximum Gasteiger partial charge on any atom is 0.408 e. The monoisotopic (exact) mass is 612 g/mol. The van der Waals surface area contributed by atoms with Crippen LogP contribution in [0.1, 0.15) is 32.4 Å². The number of alkyl carbamates (subject to hydrolysis) is 1. The van der Waals surface area contributed by atoms with Gasteiger partial charge in [-0.1, -0.05) is 42.1 Å². The first-order chi connectivity index (χ1) is 20.0. The van der Waals surface area contributed by atoms with Crippen LogP contribution in [0.5, 0.6) is 0 Å². The van der Waals surface area contributed by atoms with E-state index in [-0.39, 0.29) is 11.4 Å². The summed E-state index contributed by atoms with van der Waals surface area (Å²) >= 11 is 2.57. The van der Waals surface area contributed by atoms with Gasteiger partial charge in [-0.15, -0.1) is 16.9 Å². The van der Waals surface area contributed by atoms with Gasteiger partial charge in [0, 0.05) is 23.9 Å². The molecule has 3 aromatic rings. The van der Waals surface area contributed by atoms with Crippen LogP contribution in [0.4, 0.5) is 4.79 Å². The number of hydrogen-bond donors (Lipinski definition) is 4. The zero-order chi connectivity index (χ0) is 30.0. The molecule has 3 amide bonds. The number of carboxylic acid groups (broad SMARTS) is 1. The lowest BCUT2D eigenvalue weighted by Crippen LogP contribution is -2.71. The van der Waals surface area contributed by atoms with Gasteiger partial charge in [0.05, 0.1) is 0 Å². The number of nitrogens with one attached hydrogen (secondary N) is 3. The predicted molar refractivity (Wildman–Crippen MR) is 152 cm³/mol. The van der Waals surface area contributed by atoms with Crippen molar-refractivity contribution < 1.29 is 29.0 Å². The van der Waals surface area contributed by atoms with Gasteiger partial charge in [0.2, 0.25) is 17.0 Å². The largest absolute Gasteiger partial charge is 0.477 e. The number of fused-ring (bicyclic) bond motifs is 1. The highest BCUT2D eigenvalue weighted by Gasteiger charge is 2.54. The van der Waals surface area contributed by atoms with Crippen LogP contribution in [0, 0.1) is 0 Å². The van der Waals surface area contributed by atoms with E-state index in [1.165, 1.54) is 33.1 Å². The molecule has 220 valence electrons. The Bertz CT molecular complexity index is 1520. The summed E-state index contributed by atoms with van der Waals surface area (Å²) in [5.41, 5.74) is 0.131. The van der Waals surface area contributed by atoms with Crippen molar-refractivity contribution in [1.29, 1.82) is 0 Å². The van der Waals surface area contributed by atoms with Gasteiger partial charge in [0.1, 0.15) is 28.8 Å². The lowest BCUT2D eigenvalue weighted by Gasteiger charge is -2.49. The number of β-lactam (4-membered cyclic amide) rings is 1. The number of carbonyl (C=O) groups excluding carboxylic acids is 3. The number of rotatable bonds is 9. The topological polar surface area (TPSA) is 184 Å². The minimum absolute atomic E-state index is 0.115. The maximum atomic E-state index is 13.4.